The monoisotopic (exact) mass is 498 g/mol. The van der Waals surface area contributed by atoms with E-state index >= 15 is 0 Å². The zero-order valence-corrected chi connectivity index (χ0v) is 19.7. The molecule has 0 spiro atoms. The number of nitrogens with one attached hydrogen (secondary N) is 3. The van der Waals surface area contributed by atoms with Crippen molar-refractivity contribution < 1.29 is 34.5 Å². The Labute approximate surface area is 205 Å². The van der Waals surface area contributed by atoms with Crippen molar-refractivity contribution in [2.75, 3.05) is 6.54 Å². The molecular formula is C23H26N6O7. The molecule has 2 aromatic heterocycles. The summed E-state index contributed by atoms with van der Waals surface area (Å²) < 4.78 is 0. The van der Waals surface area contributed by atoms with Gasteiger partial charge in [-0.25, -0.2) is 4.98 Å². The van der Waals surface area contributed by atoms with E-state index in [-0.39, 0.29) is 24.4 Å². The Balaban J connectivity index is 0.00000145. The van der Waals surface area contributed by atoms with E-state index < -0.39 is 35.1 Å². The van der Waals surface area contributed by atoms with Gasteiger partial charge in [0.05, 0.1) is 17.2 Å². The number of H-pyrrole nitrogens is 1. The number of benzene rings is 1. The maximum atomic E-state index is 12.7. The van der Waals surface area contributed by atoms with E-state index in [9.17, 15) is 19.5 Å². The second kappa shape index (κ2) is 12.1. The summed E-state index contributed by atoms with van der Waals surface area (Å²) in [5, 5.41) is 38.0. The van der Waals surface area contributed by atoms with Crippen LogP contribution in [0, 0.1) is 5.92 Å². The van der Waals surface area contributed by atoms with Gasteiger partial charge in [-0.15, -0.1) is 0 Å². The molecule has 13 heteroatoms. The van der Waals surface area contributed by atoms with E-state index in [4.69, 9.17) is 15.0 Å². The first kappa shape index (κ1) is 27.4. The molecule has 0 bridgehead atoms. The Kier molecular flexibility index (Phi) is 9.19. The maximum absolute atomic E-state index is 12.7. The van der Waals surface area contributed by atoms with Crippen LogP contribution in [0.15, 0.2) is 42.7 Å². The Morgan fingerprint density at radius 3 is 2.31 bits per heavy atom. The maximum Gasteiger partial charge on any atom is 0.308 e. The summed E-state index contributed by atoms with van der Waals surface area (Å²) in [6.45, 7) is 4.66. The third-order valence-corrected chi connectivity index (χ3v) is 5.04. The van der Waals surface area contributed by atoms with Crippen LogP contribution in [0.1, 0.15) is 47.3 Å². The minimum atomic E-state index is -1.07. The summed E-state index contributed by atoms with van der Waals surface area (Å²) in [7, 11) is 0. The Hall–Kier alpha value is -4.81. The van der Waals surface area contributed by atoms with Crippen LogP contribution >= 0.6 is 0 Å². The highest BCUT2D eigenvalue weighted by Crippen LogP contribution is 2.25. The largest absolute Gasteiger partial charge is 0.493 e. The van der Waals surface area contributed by atoms with Crippen LogP contribution in [0.3, 0.4) is 0 Å². The normalized spacial score (nSPS) is 11.4. The van der Waals surface area contributed by atoms with E-state index in [1.165, 1.54) is 6.92 Å². The first-order valence-corrected chi connectivity index (χ1v) is 10.6. The van der Waals surface area contributed by atoms with E-state index in [0.717, 1.165) is 23.0 Å². The summed E-state index contributed by atoms with van der Waals surface area (Å²) in [6.07, 6.45) is 2.78. The van der Waals surface area contributed by atoms with Crippen molar-refractivity contribution in [3.05, 3.63) is 59.7 Å². The lowest BCUT2D eigenvalue weighted by Crippen LogP contribution is -2.41. The summed E-state index contributed by atoms with van der Waals surface area (Å²) >= 11 is 0. The van der Waals surface area contributed by atoms with Gasteiger partial charge in [0.2, 0.25) is 11.7 Å². The highest BCUT2D eigenvalue weighted by Gasteiger charge is 2.26. The number of aliphatic carboxylic acids is 1. The molecule has 0 aliphatic carbocycles. The van der Waals surface area contributed by atoms with Crippen molar-refractivity contribution >= 4 is 24.3 Å². The summed E-state index contributed by atoms with van der Waals surface area (Å²) in [5.74, 6) is -4.30. The van der Waals surface area contributed by atoms with Crippen molar-refractivity contribution in [1.29, 1.82) is 0 Å². The van der Waals surface area contributed by atoms with Gasteiger partial charge in [-0.05, 0) is 25.5 Å². The Morgan fingerprint density at radius 1 is 1.14 bits per heavy atom. The number of aromatic hydroxyl groups is 1. The van der Waals surface area contributed by atoms with Gasteiger partial charge in [-0.1, -0.05) is 31.2 Å². The lowest BCUT2D eigenvalue weighted by molar-refractivity contribution is -0.140. The number of carbonyl (C=O) groups is 4. The average molecular weight is 498 g/mol. The standard InChI is InChI=1S/C22H24N6O5.CH2O2/c1-12(21(32)33)10-24-20(31)17-23-11-15(18(29)26-17)19(30)27-22(2,3)14-6-4-13(5-7-14)16-8-9-25-28-16;2-1-3/h4-9,11-12H,10H2,1-3H3,(H,24,31)(H,25,28)(H,27,30)(H,32,33)(H,23,26,29);1H,(H,2,3). The van der Waals surface area contributed by atoms with Crippen LogP contribution in [-0.2, 0) is 15.1 Å². The molecule has 0 aliphatic heterocycles. The Morgan fingerprint density at radius 2 is 1.78 bits per heavy atom. The summed E-state index contributed by atoms with van der Waals surface area (Å²) in [5.41, 5.74) is 1.54. The van der Waals surface area contributed by atoms with Gasteiger partial charge < -0.3 is 26.0 Å². The van der Waals surface area contributed by atoms with E-state index in [2.05, 4.69) is 30.8 Å². The molecule has 1 unspecified atom stereocenters. The number of rotatable bonds is 8. The Bertz CT molecular complexity index is 1210. The van der Waals surface area contributed by atoms with Crippen LogP contribution in [0.2, 0.25) is 0 Å². The molecular weight excluding hydrogens is 472 g/mol. The number of amides is 2. The molecule has 0 radical (unpaired) electrons. The molecule has 3 aromatic rings. The predicted molar refractivity (Wildman–Crippen MR) is 126 cm³/mol. The number of carboxylic acid groups (broad SMARTS) is 2. The molecule has 2 heterocycles. The van der Waals surface area contributed by atoms with Crippen molar-refractivity contribution in [2.24, 2.45) is 5.92 Å². The SMILES string of the molecule is CC(CNC(=O)c1ncc(C(=O)NC(C)(C)c2ccc(-c3cc[nH]n3)cc2)c(O)n1)C(=O)O.O=CO. The first-order chi connectivity index (χ1) is 17.0. The third-order valence-electron chi connectivity index (χ3n) is 5.04. The third kappa shape index (κ3) is 7.09. The van der Waals surface area contributed by atoms with Crippen LogP contribution in [0.25, 0.3) is 11.3 Å². The zero-order valence-electron chi connectivity index (χ0n) is 19.7. The lowest BCUT2D eigenvalue weighted by Gasteiger charge is -2.27. The lowest BCUT2D eigenvalue weighted by atomic mass is 9.92. The summed E-state index contributed by atoms with van der Waals surface area (Å²) in [4.78, 5) is 51.5. The molecule has 13 nitrogen and oxygen atoms in total. The van der Waals surface area contributed by atoms with Crippen LogP contribution in [0.5, 0.6) is 5.88 Å². The molecule has 190 valence electrons. The number of aromatic amines is 1. The predicted octanol–water partition coefficient (Wildman–Crippen LogP) is 1.39. The molecule has 3 rings (SSSR count). The van der Waals surface area contributed by atoms with Crippen molar-refractivity contribution in [3.8, 4) is 17.1 Å². The number of hydrogen-bond acceptors (Lipinski definition) is 8. The van der Waals surface area contributed by atoms with Gasteiger partial charge in [0.1, 0.15) is 5.56 Å². The minimum Gasteiger partial charge on any atom is -0.493 e. The van der Waals surface area contributed by atoms with E-state index in [1.54, 1.807) is 20.0 Å². The molecule has 1 aromatic carbocycles. The minimum absolute atomic E-state index is 0.131. The molecule has 0 aliphatic rings. The molecule has 36 heavy (non-hydrogen) atoms. The smallest absolute Gasteiger partial charge is 0.308 e. The second-order valence-corrected chi connectivity index (χ2v) is 8.10. The fourth-order valence-electron chi connectivity index (χ4n) is 2.96. The molecule has 0 fully saturated rings. The van der Waals surface area contributed by atoms with Crippen molar-refractivity contribution in [2.45, 2.75) is 26.3 Å². The van der Waals surface area contributed by atoms with E-state index in [1.807, 2.05) is 30.3 Å². The molecule has 1 atom stereocenters. The van der Waals surface area contributed by atoms with Gasteiger partial charge in [0.15, 0.2) is 0 Å². The van der Waals surface area contributed by atoms with Crippen LogP contribution in [0.4, 0.5) is 0 Å². The highest BCUT2D eigenvalue weighted by molar-refractivity contribution is 5.97. The van der Waals surface area contributed by atoms with Gasteiger partial charge in [0.25, 0.3) is 18.3 Å². The van der Waals surface area contributed by atoms with Gasteiger partial charge in [-0.2, -0.15) is 10.1 Å². The number of aromatic nitrogens is 4. The fraction of sp³-hybridized carbons (Fsp3) is 0.261. The second-order valence-electron chi connectivity index (χ2n) is 8.10. The number of hydrogen-bond donors (Lipinski definition) is 6. The fourth-order valence-corrected chi connectivity index (χ4v) is 2.96. The van der Waals surface area contributed by atoms with E-state index in [0.29, 0.717) is 0 Å². The average Bonchev–Trinajstić information content (AvgIpc) is 3.37. The van der Waals surface area contributed by atoms with Crippen molar-refractivity contribution in [1.82, 2.24) is 30.8 Å². The van der Waals surface area contributed by atoms with Gasteiger partial charge in [-0.3, -0.25) is 24.3 Å². The zero-order chi connectivity index (χ0) is 26.9. The van der Waals surface area contributed by atoms with Crippen LogP contribution < -0.4 is 10.6 Å². The van der Waals surface area contributed by atoms with Crippen LogP contribution in [-0.4, -0.2) is 66.3 Å². The summed E-state index contributed by atoms with van der Waals surface area (Å²) in [6, 6.07) is 9.36. The molecule has 6 N–H and O–H groups in total. The quantitative estimate of drug-likeness (QED) is 0.246. The topological polar surface area (TPSA) is 207 Å². The number of carboxylic acids is 1. The van der Waals surface area contributed by atoms with Gasteiger partial charge >= 0.3 is 5.97 Å². The number of carbonyl (C=O) groups excluding carboxylic acids is 2. The number of nitrogens with zero attached hydrogens (tertiary/aromatic N) is 3. The van der Waals surface area contributed by atoms with Crippen molar-refractivity contribution in [3.63, 3.8) is 0 Å². The molecule has 0 saturated heterocycles. The van der Waals surface area contributed by atoms with Gasteiger partial charge in [0, 0.05) is 24.5 Å². The molecule has 0 saturated carbocycles. The first-order valence-electron chi connectivity index (χ1n) is 10.6. The highest BCUT2D eigenvalue weighted by atomic mass is 16.4. The molecule has 2 amide bonds.